The van der Waals surface area contributed by atoms with Crippen molar-refractivity contribution in [2.45, 2.75) is 25.7 Å². The molecule has 0 aromatic carbocycles. The molecule has 6 heteroatoms. The van der Waals surface area contributed by atoms with Crippen molar-refractivity contribution in [2.24, 2.45) is 5.92 Å². The van der Waals surface area contributed by atoms with Crippen molar-refractivity contribution in [2.75, 3.05) is 20.1 Å². The first-order valence-corrected chi connectivity index (χ1v) is 6.65. The van der Waals surface area contributed by atoms with Crippen molar-refractivity contribution in [3.63, 3.8) is 0 Å². The van der Waals surface area contributed by atoms with Gasteiger partial charge in [-0.1, -0.05) is 0 Å². The molecule has 2 heterocycles. The Morgan fingerprint density at radius 2 is 2.42 bits per heavy atom. The van der Waals surface area contributed by atoms with Crippen LogP contribution in [-0.4, -0.2) is 47.0 Å². The van der Waals surface area contributed by atoms with Crippen LogP contribution >= 0.6 is 0 Å². The van der Waals surface area contributed by atoms with Gasteiger partial charge >= 0.3 is 0 Å². The smallest absolute Gasteiger partial charge is 0.222 e. The monoisotopic (exact) mass is 264 g/mol. The van der Waals surface area contributed by atoms with E-state index in [-0.39, 0.29) is 11.8 Å². The SMILES string of the molecule is CNC(=O)CC1CCN(C(=O)CCc2cn[nH]c2)C1. The summed E-state index contributed by atoms with van der Waals surface area (Å²) in [5.41, 5.74) is 1.05. The van der Waals surface area contributed by atoms with E-state index in [0.29, 0.717) is 31.7 Å². The Morgan fingerprint density at radius 1 is 1.58 bits per heavy atom. The van der Waals surface area contributed by atoms with E-state index in [1.54, 1.807) is 13.2 Å². The average molecular weight is 264 g/mol. The highest BCUT2D eigenvalue weighted by Gasteiger charge is 2.27. The van der Waals surface area contributed by atoms with Gasteiger partial charge in [0, 0.05) is 39.2 Å². The fourth-order valence-corrected chi connectivity index (χ4v) is 2.41. The van der Waals surface area contributed by atoms with Crippen LogP contribution in [0.1, 0.15) is 24.8 Å². The highest BCUT2D eigenvalue weighted by molar-refractivity contribution is 5.78. The first-order valence-electron chi connectivity index (χ1n) is 6.65. The summed E-state index contributed by atoms with van der Waals surface area (Å²) >= 11 is 0. The van der Waals surface area contributed by atoms with Crippen LogP contribution in [0.4, 0.5) is 0 Å². The first-order chi connectivity index (χ1) is 9.19. The van der Waals surface area contributed by atoms with Gasteiger partial charge in [-0.05, 0) is 24.3 Å². The lowest BCUT2D eigenvalue weighted by atomic mass is 10.0. The Labute approximate surface area is 112 Å². The van der Waals surface area contributed by atoms with Crippen molar-refractivity contribution in [3.05, 3.63) is 18.0 Å². The third-order valence-electron chi connectivity index (χ3n) is 3.57. The van der Waals surface area contributed by atoms with Gasteiger partial charge in [0.15, 0.2) is 0 Å². The van der Waals surface area contributed by atoms with Gasteiger partial charge in [0.25, 0.3) is 0 Å². The van der Waals surface area contributed by atoms with Gasteiger partial charge in [0.2, 0.25) is 11.8 Å². The van der Waals surface area contributed by atoms with Crippen molar-refractivity contribution in [3.8, 4) is 0 Å². The second kappa shape index (κ2) is 6.36. The number of hydrogen-bond donors (Lipinski definition) is 2. The molecular weight excluding hydrogens is 244 g/mol. The van der Waals surface area contributed by atoms with E-state index in [2.05, 4.69) is 15.5 Å². The molecule has 19 heavy (non-hydrogen) atoms. The average Bonchev–Trinajstić information content (AvgIpc) is 3.07. The Balaban J connectivity index is 1.74. The minimum atomic E-state index is 0.0534. The third kappa shape index (κ3) is 3.81. The molecule has 2 rings (SSSR count). The minimum Gasteiger partial charge on any atom is -0.359 e. The number of aromatic nitrogens is 2. The molecule has 1 fully saturated rings. The second-order valence-electron chi connectivity index (χ2n) is 4.98. The molecule has 2 N–H and O–H groups in total. The van der Waals surface area contributed by atoms with Gasteiger partial charge in [0.1, 0.15) is 0 Å². The number of hydrogen-bond acceptors (Lipinski definition) is 3. The molecule has 0 saturated carbocycles. The minimum absolute atomic E-state index is 0.0534. The standard InChI is InChI=1S/C13H20N4O2/c1-14-12(18)6-10-4-5-17(9-10)13(19)3-2-11-7-15-16-8-11/h7-8,10H,2-6,9H2,1H3,(H,14,18)(H,15,16). The van der Waals surface area contributed by atoms with Crippen LogP contribution in [0, 0.1) is 5.92 Å². The van der Waals surface area contributed by atoms with Gasteiger partial charge < -0.3 is 10.2 Å². The second-order valence-corrected chi connectivity index (χ2v) is 4.98. The van der Waals surface area contributed by atoms with Gasteiger partial charge in [-0.15, -0.1) is 0 Å². The molecule has 0 bridgehead atoms. The number of carbonyl (C=O) groups is 2. The van der Waals surface area contributed by atoms with Crippen LogP contribution in [0.15, 0.2) is 12.4 Å². The fourth-order valence-electron chi connectivity index (χ4n) is 2.41. The highest BCUT2D eigenvalue weighted by atomic mass is 16.2. The molecule has 104 valence electrons. The van der Waals surface area contributed by atoms with Gasteiger partial charge in [-0.25, -0.2) is 0 Å². The van der Waals surface area contributed by atoms with Crippen LogP contribution in [0.25, 0.3) is 0 Å². The summed E-state index contributed by atoms with van der Waals surface area (Å²) in [6.45, 7) is 1.48. The number of nitrogens with zero attached hydrogens (tertiary/aromatic N) is 2. The summed E-state index contributed by atoms with van der Waals surface area (Å²) in [7, 11) is 1.64. The summed E-state index contributed by atoms with van der Waals surface area (Å²) in [6.07, 6.45) is 6.21. The van der Waals surface area contributed by atoms with Crippen LogP contribution < -0.4 is 5.32 Å². The Hall–Kier alpha value is -1.85. The number of aryl methyl sites for hydroxylation is 1. The summed E-state index contributed by atoms with van der Waals surface area (Å²) in [5.74, 6) is 0.524. The molecule has 6 nitrogen and oxygen atoms in total. The van der Waals surface area contributed by atoms with E-state index in [1.807, 2.05) is 11.1 Å². The zero-order valence-corrected chi connectivity index (χ0v) is 11.2. The maximum Gasteiger partial charge on any atom is 0.222 e. The van der Waals surface area contributed by atoms with Crippen molar-refractivity contribution >= 4 is 11.8 Å². The summed E-state index contributed by atoms with van der Waals surface area (Å²) < 4.78 is 0. The Kier molecular flexibility index (Phi) is 4.54. The molecule has 1 saturated heterocycles. The van der Waals surface area contributed by atoms with E-state index in [0.717, 1.165) is 18.5 Å². The number of likely N-dealkylation sites (tertiary alicyclic amines) is 1. The number of aromatic amines is 1. The van der Waals surface area contributed by atoms with E-state index in [1.165, 1.54) is 0 Å². The van der Waals surface area contributed by atoms with Crippen molar-refractivity contribution in [1.29, 1.82) is 0 Å². The predicted octanol–water partition coefficient (Wildman–Crippen LogP) is 0.327. The zero-order chi connectivity index (χ0) is 13.7. The van der Waals surface area contributed by atoms with Gasteiger partial charge in [-0.3, -0.25) is 14.7 Å². The van der Waals surface area contributed by atoms with Gasteiger partial charge in [0.05, 0.1) is 6.20 Å². The lowest BCUT2D eigenvalue weighted by Gasteiger charge is -2.16. The Bertz CT molecular complexity index is 430. The van der Waals surface area contributed by atoms with E-state index in [4.69, 9.17) is 0 Å². The molecule has 0 spiro atoms. The largest absolute Gasteiger partial charge is 0.359 e. The third-order valence-corrected chi connectivity index (χ3v) is 3.57. The van der Waals surface area contributed by atoms with Crippen LogP contribution in [0.5, 0.6) is 0 Å². The molecule has 0 radical (unpaired) electrons. The molecule has 1 aromatic rings. The summed E-state index contributed by atoms with van der Waals surface area (Å²) in [4.78, 5) is 25.2. The van der Waals surface area contributed by atoms with Crippen LogP contribution in [0.2, 0.25) is 0 Å². The maximum atomic E-state index is 12.0. The van der Waals surface area contributed by atoms with Crippen molar-refractivity contribution < 1.29 is 9.59 Å². The quantitative estimate of drug-likeness (QED) is 0.804. The molecule has 2 amide bonds. The van der Waals surface area contributed by atoms with E-state index < -0.39 is 0 Å². The highest BCUT2D eigenvalue weighted by Crippen LogP contribution is 2.20. The topological polar surface area (TPSA) is 78.1 Å². The number of rotatable bonds is 5. The lowest BCUT2D eigenvalue weighted by molar-refractivity contribution is -0.130. The van der Waals surface area contributed by atoms with E-state index >= 15 is 0 Å². The normalized spacial score (nSPS) is 18.6. The number of carbonyl (C=O) groups excluding carboxylic acids is 2. The maximum absolute atomic E-state index is 12.0. The molecule has 1 aliphatic rings. The first kappa shape index (κ1) is 13.6. The molecule has 1 aliphatic heterocycles. The Morgan fingerprint density at radius 3 is 3.11 bits per heavy atom. The predicted molar refractivity (Wildman–Crippen MR) is 70.3 cm³/mol. The fraction of sp³-hybridized carbons (Fsp3) is 0.615. The lowest BCUT2D eigenvalue weighted by Crippen LogP contribution is -2.29. The van der Waals surface area contributed by atoms with Crippen molar-refractivity contribution in [1.82, 2.24) is 20.4 Å². The van der Waals surface area contributed by atoms with Crippen LogP contribution in [-0.2, 0) is 16.0 Å². The zero-order valence-electron chi connectivity index (χ0n) is 11.2. The number of amides is 2. The molecule has 1 unspecified atom stereocenters. The van der Waals surface area contributed by atoms with Gasteiger partial charge in [-0.2, -0.15) is 5.10 Å². The summed E-state index contributed by atoms with van der Waals surface area (Å²) in [6, 6.07) is 0. The van der Waals surface area contributed by atoms with E-state index in [9.17, 15) is 9.59 Å². The summed E-state index contributed by atoms with van der Waals surface area (Å²) in [5, 5.41) is 9.22. The molecule has 1 atom stereocenters. The van der Waals surface area contributed by atoms with Crippen LogP contribution in [0.3, 0.4) is 0 Å². The molecule has 0 aliphatic carbocycles. The number of nitrogens with one attached hydrogen (secondary N) is 2. The molecular formula is C13H20N4O2. The molecule has 1 aromatic heterocycles. The number of H-pyrrole nitrogens is 1.